The molecule has 218 valence electrons. The van der Waals surface area contributed by atoms with Gasteiger partial charge in [0.05, 0.1) is 24.7 Å². The number of aromatic nitrogens is 4. The Morgan fingerprint density at radius 3 is 2.73 bits per heavy atom. The number of benzene rings is 1. The van der Waals surface area contributed by atoms with Gasteiger partial charge in [-0.1, -0.05) is 37.4 Å². The Morgan fingerprint density at radius 1 is 1.15 bits per heavy atom. The van der Waals surface area contributed by atoms with Crippen LogP contribution in [0.15, 0.2) is 42.9 Å². The number of hydrogen-bond acceptors (Lipinski definition) is 10. The second kappa shape index (κ2) is 15.1. The van der Waals surface area contributed by atoms with Crippen LogP contribution in [0.25, 0.3) is 0 Å². The number of unbranched alkanes of at least 4 members (excludes halogenated alkanes) is 2. The van der Waals surface area contributed by atoms with E-state index >= 15 is 0 Å². The number of ether oxygens (including phenoxy) is 2. The van der Waals surface area contributed by atoms with Crippen LogP contribution in [0.3, 0.4) is 0 Å². The van der Waals surface area contributed by atoms with Crippen molar-refractivity contribution in [3.8, 4) is 5.75 Å². The van der Waals surface area contributed by atoms with Gasteiger partial charge < -0.3 is 25.0 Å². The first-order valence-electron chi connectivity index (χ1n) is 13.9. The number of carbonyl (C=O) groups is 2. The van der Waals surface area contributed by atoms with E-state index in [-0.39, 0.29) is 36.6 Å². The standard InChI is InChI=1S/C29H36ClN7O4/c1-3-4-5-9-26(38)41-19-21-8-6-14-37(21)29-35-17-22(28(39)34-18-25-31-12-7-13-32-25)27(36-29)33-16-20-10-11-24(40-2)23(30)15-20/h7,10-13,15,17,21H,3-6,8-9,14,16,18-19H2,1-2H3,(H,34,39)(H,33,35,36)/t21-/m0/s1. The number of hydrogen-bond donors (Lipinski definition) is 2. The van der Waals surface area contributed by atoms with Gasteiger partial charge in [-0.25, -0.2) is 15.0 Å². The van der Waals surface area contributed by atoms with E-state index in [1.54, 1.807) is 37.7 Å². The maximum atomic E-state index is 13.2. The Kier molecular flexibility index (Phi) is 11.1. The average Bonchev–Trinajstić information content (AvgIpc) is 3.47. The molecular weight excluding hydrogens is 546 g/mol. The Labute approximate surface area is 245 Å². The maximum absolute atomic E-state index is 13.2. The number of halogens is 1. The molecule has 0 radical (unpaired) electrons. The number of methoxy groups -OCH3 is 1. The third-order valence-electron chi connectivity index (χ3n) is 6.78. The molecule has 0 saturated carbocycles. The summed E-state index contributed by atoms with van der Waals surface area (Å²) >= 11 is 6.31. The van der Waals surface area contributed by atoms with Crippen LogP contribution >= 0.6 is 11.6 Å². The molecule has 0 unspecified atom stereocenters. The highest BCUT2D eigenvalue weighted by molar-refractivity contribution is 6.32. The molecule has 1 fully saturated rings. The maximum Gasteiger partial charge on any atom is 0.305 e. The summed E-state index contributed by atoms with van der Waals surface area (Å²) < 4.78 is 10.8. The lowest BCUT2D eigenvalue weighted by Gasteiger charge is -2.25. The predicted molar refractivity (Wildman–Crippen MR) is 156 cm³/mol. The van der Waals surface area contributed by atoms with Crippen LogP contribution in [0.5, 0.6) is 5.75 Å². The van der Waals surface area contributed by atoms with Crippen molar-refractivity contribution in [3.05, 3.63) is 64.8 Å². The summed E-state index contributed by atoms with van der Waals surface area (Å²) in [5, 5.41) is 6.60. The number of amides is 1. The van der Waals surface area contributed by atoms with Crippen molar-refractivity contribution in [2.75, 3.05) is 30.5 Å². The number of carbonyl (C=O) groups excluding carboxylic acids is 2. The van der Waals surface area contributed by atoms with E-state index in [0.717, 1.165) is 44.2 Å². The molecule has 0 bridgehead atoms. The normalized spacial score (nSPS) is 14.5. The zero-order valence-corrected chi connectivity index (χ0v) is 24.2. The molecule has 2 aromatic heterocycles. The van der Waals surface area contributed by atoms with Gasteiger partial charge in [0, 0.05) is 38.1 Å². The molecule has 4 rings (SSSR count). The average molecular weight is 582 g/mol. The van der Waals surface area contributed by atoms with Crippen molar-refractivity contribution < 1.29 is 19.1 Å². The Hall–Kier alpha value is -3.99. The first kappa shape index (κ1) is 30.0. The highest BCUT2D eigenvalue weighted by atomic mass is 35.5. The number of anilines is 2. The van der Waals surface area contributed by atoms with Crippen LogP contribution in [-0.2, 0) is 22.6 Å². The minimum atomic E-state index is -0.363. The summed E-state index contributed by atoms with van der Waals surface area (Å²) in [5.74, 6) is 1.36. The van der Waals surface area contributed by atoms with Gasteiger partial charge in [-0.2, -0.15) is 4.98 Å². The highest BCUT2D eigenvalue weighted by Gasteiger charge is 2.29. The van der Waals surface area contributed by atoms with Gasteiger partial charge in [0.2, 0.25) is 5.95 Å². The van der Waals surface area contributed by atoms with Crippen molar-refractivity contribution in [3.63, 3.8) is 0 Å². The molecule has 1 amide bonds. The first-order chi connectivity index (χ1) is 20.0. The summed E-state index contributed by atoms with van der Waals surface area (Å²) in [7, 11) is 1.56. The highest BCUT2D eigenvalue weighted by Crippen LogP contribution is 2.27. The molecule has 1 aromatic carbocycles. The lowest BCUT2D eigenvalue weighted by Crippen LogP contribution is -2.35. The van der Waals surface area contributed by atoms with Crippen molar-refractivity contribution in [1.82, 2.24) is 25.3 Å². The van der Waals surface area contributed by atoms with E-state index < -0.39 is 0 Å². The fraction of sp³-hybridized carbons (Fsp3) is 0.448. The van der Waals surface area contributed by atoms with E-state index in [2.05, 4.69) is 32.5 Å². The number of esters is 1. The summed E-state index contributed by atoms with van der Waals surface area (Å²) in [5.41, 5.74) is 1.16. The quantitative estimate of drug-likeness (QED) is 0.206. The lowest BCUT2D eigenvalue weighted by molar-refractivity contribution is -0.144. The number of nitrogens with zero attached hydrogens (tertiary/aromatic N) is 5. The minimum absolute atomic E-state index is 0.0340. The van der Waals surface area contributed by atoms with E-state index in [1.807, 2.05) is 11.0 Å². The van der Waals surface area contributed by atoms with E-state index in [1.165, 1.54) is 6.20 Å². The lowest BCUT2D eigenvalue weighted by atomic mass is 10.2. The van der Waals surface area contributed by atoms with Gasteiger partial charge in [-0.05, 0) is 43.0 Å². The third-order valence-corrected chi connectivity index (χ3v) is 7.07. The van der Waals surface area contributed by atoms with Gasteiger partial charge in [0.15, 0.2) is 0 Å². The van der Waals surface area contributed by atoms with Gasteiger partial charge >= 0.3 is 5.97 Å². The molecule has 1 atom stereocenters. The SMILES string of the molecule is CCCCCC(=O)OC[C@@H]1CCCN1c1ncc(C(=O)NCc2ncccn2)c(NCc2ccc(OC)c(Cl)c2)n1. The predicted octanol–water partition coefficient (Wildman–Crippen LogP) is 4.56. The third kappa shape index (κ3) is 8.50. The van der Waals surface area contributed by atoms with Gasteiger partial charge in [-0.3, -0.25) is 9.59 Å². The van der Waals surface area contributed by atoms with Crippen LogP contribution in [0.4, 0.5) is 11.8 Å². The van der Waals surface area contributed by atoms with Crippen molar-refractivity contribution in [2.24, 2.45) is 0 Å². The van der Waals surface area contributed by atoms with Crippen LogP contribution in [-0.4, -0.2) is 58.1 Å². The molecule has 11 nitrogen and oxygen atoms in total. The van der Waals surface area contributed by atoms with Gasteiger partial charge in [0.25, 0.3) is 5.91 Å². The topological polar surface area (TPSA) is 131 Å². The van der Waals surface area contributed by atoms with E-state index in [9.17, 15) is 9.59 Å². The first-order valence-corrected chi connectivity index (χ1v) is 14.3. The number of rotatable bonds is 14. The van der Waals surface area contributed by atoms with Crippen molar-refractivity contribution in [1.29, 1.82) is 0 Å². The van der Waals surface area contributed by atoms with E-state index in [4.69, 9.17) is 26.1 Å². The fourth-order valence-corrected chi connectivity index (χ4v) is 4.83. The van der Waals surface area contributed by atoms with Crippen LogP contribution in [0, 0.1) is 0 Å². The smallest absolute Gasteiger partial charge is 0.305 e. The molecule has 41 heavy (non-hydrogen) atoms. The van der Waals surface area contributed by atoms with Gasteiger partial charge in [0.1, 0.15) is 29.6 Å². The van der Waals surface area contributed by atoms with Crippen LogP contribution < -0.4 is 20.3 Å². The largest absolute Gasteiger partial charge is 0.495 e. The fourth-order valence-electron chi connectivity index (χ4n) is 4.55. The minimum Gasteiger partial charge on any atom is -0.495 e. The molecule has 12 heteroatoms. The molecule has 1 aliphatic rings. The van der Waals surface area contributed by atoms with Crippen LogP contribution in [0.2, 0.25) is 5.02 Å². The molecule has 3 aromatic rings. The summed E-state index contributed by atoms with van der Waals surface area (Å²) in [4.78, 5) is 45.0. The van der Waals surface area contributed by atoms with Crippen molar-refractivity contribution >= 4 is 35.2 Å². The molecular formula is C29H36ClN7O4. The molecule has 1 aliphatic heterocycles. The second-order valence-corrected chi connectivity index (χ2v) is 10.1. The molecule has 2 N–H and O–H groups in total. The monoisotopic (exact) mass is 581 g/mol. The summed E-state index contributed by atoms with van der Waals surface area (Å²) in [6.45, 7) is 3.63. The van der Waals surface area contributed by atoms with Crippen molar-refractivity contribution in [2.45, 2.75) is 64.6 Å². The summed E-state index contributed by atoms with van der Waals surface area (Å²) in [6, 6.07) is 7.15. The second-order valence-electron chi connectivity index (χ2n) is 9.73. The Morgan fingerprint density at radius 2 is 1.98 bits per heavy atom. The van der Waals surface area contributed by atoms with Crippen LogP contribution in [0.1, 0.15) is 67.2 Å². The number of nitrogens with one attached hydrogen (secondary N) is 2. The Balaban J connectivity index is 1.50. The molecule has 0 aliphatic carbocycles. The zero-order chi connectivity index (χ0) is 29.0. The molecule has 0 spiro atoms. The summed E-state index contributed by atoms with van der Waals surface area (Å²) in [6.07, 6.45) is 9.86. The van der Waals surface area contributed by atoms with Gasteiger partial charge in [-0.15, -0.1) is 0 Å². The zero-order valence-electron chi connectivity index (χ0n) is 23.4. The van der Waals surface area contributed by atoms with E-state index in [0.29, 0.717) is 41.3 Å². The molecule has 1 saturated heterocycles. The molecule has 3 heterocycles. The Bertz CT molecular complexity index is 1310.